The molecule has 4 aliphatic heterocycles. The van der Waals surface area contributed by atoms with E-state index in [1.165, 1.54) is 10.5 Å². The summed E-state index contributed by atoms with van der Waals surface area (Å²) in [6.07, 6.45) is 4.15. The van der Waals surface area contributed by atoms with Crippen molar-refractivity contribution in [2.45, 2.75) is 90.3 Å². The van der Waals surface area contributed by atoms with E-state index in [1.807, 2.05) is 4.90 Å². The summed E-state index contributed by atoms with van der Waals surface area (Å²) in [5.41, 5.74) is 0.588. The number of nitrogens with zero attached hydrogens (tertiary/aromatic N) is 4. The highest BCUT2D eigenvalue weighted by atomic mass is 16.2. The van der Waals surface area contributed by atoms with Crippen LogP contribution in [0.2, 0.25) is 0 Å². The number of likely N-dealkylation sites (N-methyl/N-ethyl adjacent to an activating group) is 1. The number of hydrogen-bond acceptors (Lipinski definition) is 4. The van der Waals surface area contributed by atoms with E-state index < -0.39 is 5.54 Å². The van der Waals surface area contributed by atoms with Crippen molar-refractivity contribution in [3.05, 3.63) is 35.9 Å². The van der Waals surface area contributed by atoms with Gasteiger partial charge in [0, 0.05) is 57.6 Å². The molecule has 4 heterocycles. The number of amides is 4. The third-order valence-corrected chi connectivity index (χ3v) is 9.35. The van der Waals surface area contributed by atoms with E-state index in [2.05, 4.69) is 74.8 Å². The molecule has 2 bridgehead atoms. The maximum Gasteiger partial charge on any atom is 0.327 e. The maximum absolute atomic E-state index is 13.5. The number of carbonyl (C=O) groups is 3. The summed E-state index contributed by atoms with van der Waals surface area (Å²) in [4.78, 5) is 47.9. The number of fused-ring (bicyclic) bond motifs is 2. The molecule has 0 aromatic heterocycles. The lowest BCUT2D eigenvalue weighted by atomic mass is 9.80. The molecule has 38 heavy (non-hydrogen) atoms. The van der Waals surface area contributed by atoms with Crippen LogP contribution in [-0.4, -0.2) is 88.3 Å². The van der Waals surface area contributed by atoms with Crippen LogP contribution in [-0.2, 0) is 9.59 Å². The first-order valence-electron chi connectivity index (χ1n) is 14.6. The van der Waals surface area contributed by atoms with Crippen LogP contribution in [0.25, 0.3) is 0 Å². The summed E-state index contributed by atoms with van der Waals surface area (Å²) in [7, 11) is 1.65. The third-order valence-electron chi connectivity index (χ3n) is 9.35. The largest absolute Gasteiger partial charge is 0.342 e. The Kier molecular flexibility index (Phi) is 7.12. The standard InChI is InChI=1S/C31H46N4O3/c1-21(2)17-35-29(38)32(6)28(37)31(35)14-24-12-13-25(15-31)34(24)19-23-18-33(27(36)16-30(3,4)5)20-26(23)22-10-8-7-9-11-22/h7-11,21,23-26H,12-20H2,1-6H3/t23-,24?,25?,26-,31?/m1/s1. The van der Waals surface area contributed by atoms with E-state index in [0.717, 1.165) is 45.3 Å². The van der Waals surface area contributed by atoms with E-state index in [4.69, 9.17) is 0 Å². The first-order valence-corrected chi connectivity index (χ1v) is 14.6. The van der Waals surface area contributed by atoms with Crippen LogP contribution in [0.3, 0.4) is 0 Å². The summed E-state index contributed by atoms with van der Waals surface area (Å²) < 4.78 is 0. The number of hydrogen-bond donors (Lipinski definition) is 0. The normalized spacial score (nSPS) is 31.9. The first kappa shape index (κ1) is 27.2. The Balaban J connectivity index is 1.36. The molecule has 4 saturated heterocycles. The number of likely N-dealkylation sites (tertiary alicyclic amines) is 1. The molecule has 1 aromatic carbocycles. The average Bonchev–Trinajstić information content (AvgIpc) is 3.42. The number of rotatable bonds is 6. The summed E-state index contributed by atoms with van der Waals surface area (Å²) in [6, 6.07) is 11.1. The second kappa shape index (κ2) is 9.96. The molecule has 1 aromatic rings. The van der Waals surface area contributed by atoms with Crippen molar-refractivity contribution in [3.8, 4) is 0 Å². The Morgan fingerprint density at radius 2 is 1.66 bits per heavy atom. The molecule has 1 spiro atoms. The molecule has 5 rings (SSSR count). The van der Waals surface area contributed by atoms with Gasteiger partial charge in [0.2, 0.25) is 5.91 Å². The Bertz CT molecular complexity index is 1050. The molecule has 0 N–H and O–H groups in total. The molecule has 0 radical (unpaired) electrons. The molecule has 4 fully saturated rings. The van der Waals surface area contributed by atoms with Gasteiger partial charge in [-0.1, -0.05) is 65.0 Å². The molecule has 2 unspecified atom stereocenters. The first-order chi connectivity index (χ1) is 17.9. The van der Waals surface area contributed by atoms with Crippen molar-refractivity contribution in [3.63, 3.8) is 0 Å². The minimum Gasteiger partial charge on any atom is -0.342 e. The summed E-state index contributed by atoms with van der Waals surface area (Å²) in [5, 5.41) is 0. The highest BCUT2D eigenvalue weighted by Gasteiger charge is 2.62. The highest BCUT2D eigenvalue weighted by Crippen LogP contribution is 2.48. The van der Waals surface area contributed by atoms with Gasteiger partial charge in [0.05, 0.1) is 0 Å². The zero-order valence-electron chi connectivity index (χ0n) is 24.2. The van der Waals surface area contributed by atoms with Gasteiger partial charge in [-0.2, -0.15) is 0 Å². The van der Waals surface area contributed by atoms with Crippen LogP contribution in [0.5, 0.6) is 0 Å². The fourth-order valence-corrected chi connectivity index (χ4v) is 7.68. The van der Waals surface area contributed by atoms with Gasteiger partial charge < -0.3 is 9.80 Å². The Hall–Kier alpha value is -2.41. The summed E-state index contributed by atoms with van der Waals surface area (Å²) >= 11 is 0. The molecule has 4 atom stereocenters. The zero-order valence-corrected chi connectivity index (χ0v) is 24.2. The predicted octanol–water partition coefficient (Wildman–Crippen LogP) is 4.58. The SMILES string of the molecule is CC(C)CN1C(=O)N(C)C(=O)C12CC1CCC(C2)N1C[C@H]1CN(C(=O)CC(C)(C)C)C[C@@H]1c1ccccc1. The van der Waals surface area contributed by atoms with Gasteiger partial charge in [-0.15, -0.1) is 0 Å². The lowest BCUT2D eigenvalue weighted by molar-refractivity contribution is -0.137. The van der Waals surface area contributed by atoms with E-state index in [-0.39, 0.29) is 23.3 Å². The Morgan fingerprint density at radius 1 is 1.03 bits per heavy atom. The van der Waals surface area contributed by atoms with E-state index in [1.54, 1.807) is 7.05 Å². The van der Waals surface area contributed by atoms with Crippen molar-refractivity contribution in [1.82, 2.24) is 19.6 Å². The molecule has 208 valence electrons. The van der Waals surface area contributed by atoms with Crippen molar-refractivity contribution in [2.24, 2.45) is 17.3 Å². The van der Waals surface area contributed by atoms with Gasteiger partial charge in [0.1, 0.15) is 5.54 Å². The predicted molar refractivity (Wildman–Crippen MR) is 149 cm³/mol. The number of urea groups is 1. The van der Waals surface area contributed by atoms with Crippen molar-refractivity contribution >= 4 is 17.8 Å². The number of benzene rings is 1. The molecular formula is C31H46N4O3. The number of carbonyl (C=O) groups excluding carboxylic acids is 3. The van der Waals surface area contributed by atoms with Gasteiger partial charge >= 0.3 is 6.03 Å². The highest BCUT2D eigenvalue weighted by molar-refractivity contribution is 6.07. The molecular weight excluding hydrogens is 476 g/mol. The zero-order chi connectivity index (χ0) is 27.4. The van der Waals surface area contributed by atoms with Crippen LogP contribution in [0.4, 0.5) is 4.79 Å². The third kappa shape index (κ3) is 4.87. The van der Waals surface area contributed by atoms with Gasteiger partial charge in [-0.3, -0.25) is 19.4 Å². The van der Waals surface area contributed by atoms with E-state index >= 15 is 0 Å². The Labute approximate surface area is 228 Å². The lowest BCUT2D eigenvalue weighted by Gasteiger charge is -2.48. The van der Waals surface area contributed by atoms with Crippen molar-refractivity contribution < 1.29 is 14.4 Å². The topological polar surface area (TPSA) is 64.2 Å². The van der Waals surface area contributed by atoms with Crippen LogP contribution in [0.15, 0.2) is 30.3 Å². The van der Waals surface area contributed by atoms with Gasteiger partial charge in [-0.25, -0.2) is 4.79 Å². The van der Waals surface area contributed by atoms with Crippen LogP contribution in [0, 0.1) is 17.3 Å². The van der Waals surface area contributed by atoms with Crippen LogP contribution >= 0.6 is 0 Å². The van der Waals surface area contributed by atoms with Crippen LogP contribution < -0.4 is 0 Å². The molecule has 4 aliphatic rings. The smallest absolute Gasteiger partial charge is 0.327 e. The molecule has 0 saturated carbocycles. The average molecular weight is 523 g/mol. The number of imide groups is 1. The van der Waals surface area contributed by atoms with Crippen molar-refractivity contribution in [1.29, 1.82) is 0 Å². The summed E-state index contributed by atoms with van der Waals surface area (Å²) in [5.74, 6) is 1.22. The van der Waals surface area contributed by atoms with Crippen LogP contribution in [0.1, 0.15) is 78.2 Å². The second-order valence-electron chi connectivity index (χ2n) is 14.0. The molecule has 4 amide bonds. The minimum atomic E-state index is -0.693. The second-order valence-corrected chi connectivity index (χ2v) is 14.0. The molecule has 7 heteroatoms. The quantitative estimate of drug-likeness (QED) is 0.513. The number of piperidine rings is 1. The van der Waals surface area contributed by atoms with Crippen molar-refractivity contribution in [2.75, 3.05) is 33.2 Å². The van der Waals surface area contributed by atoms with E-state index in [0.29, 0.717) is 42.8 Å². The van der Waals surface area contributed by atoms with Gasteiger partial charge in [0.25, 0.3) is 5.91 Å². The minimum absolute atomic E-state index is 0.0123. The Morgan fingerprint density at radius 3 is 2.24 bits per heavy atom. The van der Waals surface area contributed by atoms with Gasteiger partial charge in [-0.05, 0) is 48.5 Å². The molecule has 0 aliphatic carbocycles. The van der Waals surface area contributed by atoms with E-state index in [9.17, 15) is 14.4 Å². The monoisotopic (exact) mass is 522 g/mol. The fourth-order valence-electron chi connectivity index (χ4n) is 7.68. The summed E-state index contributed by atoms with van der Waals surface area (Å²) in [6.45, 7) is 13.7. The fraction of sp³-hybridized carbons (Fsp3) is 0.710. The lowest BCUT2D eigenvalue weighted by Crippen LogP contribution is -2.61. The maximum atomic E-state index is 13.5. The van der Waals surface area contributed by atoms with Gasteiger partial charge in [0.15, 0.2) is 0 Å². The molecule has 7 nitrogen and oxygen atoms in total.